The lowest BCUT2D eigenvalue weighted by molar-refractivity contribution is -0.121. The Hall–Kier alpha value is -0.950. The maximum Gasteiger partial charge on any atom is 0.251 e. The highest BCUT2D eigenvalue weighted by Crippen LogP contribution is 2.26. The molecular weight excluding hydrogens is 391 g/mol. The Labute approximate surface area is 144 Å². The number of hydrogen-bond donors (Lipinski definition) is 1. The lowest BCUT2D eigenvalue weighted by Crippen LogP contribution is -2.41. The average molecular weight is 412 g/mol. The van der Waals surface area contributed by atoms with Crippen LogP contribution in [-0.4, -0.2) is 24.4 Å². The Morgan fingerprint density at radius 2 is 1.77 bits per heavy atom. The van der Waals surface area contributed by atoms with Crippen molar-refractivity contribution in [3.63, 3.8) is 0 Å². The summed E-state index contributed by atoms with van der Waals surface area (Å²) in [6, 6.07) is 7.15. The van der Waals surface area contributed by atoms with Crippen LogP contribution >= 0.6 is 22.6 Å². The van der Waals surface area contributed by atoms with Crippen LogP contribution in [0.15, 0.2) is 24.3 Å². The molecule has 1 heterocycles. The van der Waals surface area contributed by atoms with Gasteiger partial charge in [0.15, 0.2) is 0 Å². The lowest BCUT2D eigenvalue weighted by Gasteiger charge is -2.23. The van der Waals surface area contributed by atoms with Crippen molar-refractivity contribution in [1.82, 2.24) is 5.32 Å². The van der Waals surface area contributed by atoms with Gasteiger partial charge < -0.3 is 5.32 Å². The topological polar surface area (TPSA) is 49.4 Å². The number of hydrogen-bond acceptors (Lipinski definition) is 3. The predicted octanol–water partition coefficient (Wildman–Crippen LogP) is 3.09. The highest BCUT2D eigenvalue weighted by molar-refractivity contribution is 14.1. The number of rotatable bonds is 4. The first kappa shape index (κ1) is 15.9. The maximum absolute atomic E-state index is 12.5. The summed E-state index contributed by atoms with van der Waals surface area (Å²) in [6.45, 7) is 0.851. The third kappa shape index (κ3) is 3.51. The second-order valence-corrected chi connectivity index (χ2v) is 7.46. The van der Waals surface area contributed by atoms with E-state index >= 15 is 0 Å². The van der Waals surface area contributed by atoms with E-state index in [4.69, 9.17) is 0 Å². The highest BCUT2D eigenvalue weighted by atomic mass is 127. The fourth-order valence-corrected chi connectivity index (χ4v) is 3.71. The molecule has 2 fully saturated rings. The van der Waals surface area contributed by atoms with Crippen molar-refractivity contribution in [2.75, 3.05) is 11.4 Å². The minimum absolute atomic E-state index is 0.104. The van der Waals surface area contributed by atoms with Gasteiger partial charge in [-0.15, -0.1) is 0 Å². The van der Waals surface area contributed by atoms with Crippen molar-refractivity contribution in [2.45, 2.75) is 44.6 Å². The monoisotopic (exact) mass is 412 g/mol. The van der Waals surface area contributed by atoms with Gasteiger partial charge in [0.2, 0.25) is 5.91 Å². The van der Waals surface area contributed by atoms with Crippen LogP contribution in [0.2, 0.25) is 0 Å². The molecule has 2 aliphatic rings. The van der Waals surface area contributed by atoms with Crippen molar-refractivity contribution in [3.8, 4) is 0 Å². The number of halogens is 1. The number of carbonyl (C=O) groups excluding carboxylic acids is 2. The van der Waals surface area contributed by atoms with E-state index < -0.39 is 0 Å². The van der Waals surface area contributed by atoms with E-state index in [0.717, 1.165) is 10.1 Å². The molecule has 1 saturated heterocycles. The molecule has 0 aromatic heterocycles. The standard InChI is InChI=1S/C17H21IN2O2/c18-13-6-8-14(9-7-13)20-16(21)10-15(17(20)22)19-11-12-4-2-1-3-5-12/h6-9,12,15,19H,1-5,10-11H2/t15-/m1/s1. The van der Waals surface area contributed by atoms with Crippen molar-refractivity contribution < 1.29 is 9.59 Å². The first-order valence-corrected chi connectivity index (χ1v) is 9.09. The Bertz CT molecular complexity index is 552. The summed E-state index contributed by atoms with van der Waals surface area (Å²) in [5.41, 5.74) is 0.678. The van der Waals surface area contributed by atoms with Crippen LogP contribution in [0.5, 0.6) is 0 Å². The molecule has 118 valence electrons. The van der Waals surface area contributed by atoms with Crippen molar-refractivity contribution >= 4 is 40.1 Å². The van der Waals surface area contributed by atoms with Crippen LogP contribution < -0.4 is 10.2 Å². The van der Waals surface area contributed by atoms with Crippen LogP contribution in [-0.2, 0) is 9.59 Å². The fourth-order valence-electron chi connectivity index (χ4n) is 3.35. The molecule has 0 radical (unpaired) electrons. The molecule has 0 bridgehead atoms. The summed E-state index contributed by atoms with van der Waals surface area (Å²) < 4.78 is 1.09. The van der Waals surface area contributed by atoms with Crippen LogP contribution in [0.4, 0.5) is 5.69 Å². The Morgan fingerprint density at radius 1 is 1.09 bits per heavy atom. The number of nitrogens with one attached hydrogen (secondary N) is 1. The van der Waals surface area contributed by atoms with E-state index in [0.29, 0.717) is 11.6 Å². The third-order valence-corrected chi connectivity index (χ3v) is 5.33. The minimum Gasteiger partial charge on any atom is -0.305 e. The number of nitrogens with zero attached hydrogens (tertiary/aromatic N) is 1. The van der Waals surface area contributed by atoms with Crippen LogP contribution in [0, 0.1) is 9.49 Å². The van der Waals surface area contributed by atoms with E-state index in [1.807, 2.05) is 24.3 Å². The summed E-state index contributed by atoms with van der Waals surface area (Å²) in [7, 11) is 0. The smallest absolute Gasteiger partial charge is 0.251 e. The Morgan fingerprint density at radius 3 is 2.45 bits per heavy atom. The number of anilines is 1. The molecule has 0 spiro atoms. The quantitative estimate of drug-likeness (QED) is 0.611. The second kappa shape index (κ2) is 7.08. The summed E-state index contributed by atoms with van der Waals surface area (Å²) in [6.07, 6.45) is 6.66. The van der Waals surface area contributed by atoms with Crippen LogP contribution in [0.1, 0.15) is 38.5 Å². The molecule has 1 saturated carbocycles. The largest absolute Gasteiger partial charge is 0.305 e. The minimum atomic E-state index is -0.353. The first-order chi connectivity index (χ1) is 10.6. The van der Waals surface area contributed by atoms with Crippen molar-refractivity contribution in [1.29, 1.82) is 0 Å². The van der Waals surface area contributed by atoms with Crippen LogP contribution in [0.25, 0.3) is 0 Å². The van der Waals surface area contributed by atoms with Gasteiger partial charge in [-0.1, -0.05) is 19.3 Å². The van der Waals surface area contributed by atoms with Gasteiger partial charge in [-0.25, -0.2) is 4.90 Å². The number of imide groups is 1. The predicted molar refractivity (Wildman–Crippen MR) is 94.6 cm³/mol. The molecule has 5 heteroatoms. The van der Waals surface area contributed by atoms with Crippen molar-refractivity contribution in [2.24, 2.45) is 5.92 Å². The van der Waals surface area contributed by atoms with Gasteiger partial charge in [0, 0.05) is 3.57 Å². The first-order valence-electron chi connectivity index (χ1n) is 8.01. The zero-order valence-electron chi connectivity index (χ0n) is 12.6. The van der Waals surface area contributed by atoms with E-state index in [1.165, 1.54) is 37.0 Å². The third-order valence-electron chi connectivity index (χ3n) is 4.61. The van der Waals surface area contributed by atoms with Gasteiger partial charge in [0.25, 0.3) is 5.91 Å². The van der Waals surface area contributed by atoms with Gasteiger partial charge in [-0.2, -0.15) is 0 Å². The zero-order valence-corrected chi connectivity index (χ0v) is 14.7. The molecule has 1 aromatic rings. The van der Waals surface area contributed by atoms with Gasteiger partial charge in [0.1, 0.15) is 0 Å². The molecule has 0 unspecified atom stereocenters. The SMILES string of the molecule is O=C1C[C@@H](NCC2CCCCC2)C(=O)N1c1ccc(I)cc1. The van der Waals surface area contributed by atoms with E-state index in [1.54, 1.807) is 0 Å². The summed E-state index contributed by atoms with van der Waals surface area (Å²) in [4.78, 5) is 26.0. The van der Waals surface area contributed by atoms with E-state index in [-0.39, 0.29) is 24.3 Å². The molecular formula is C17H21IN2O2. The molecule has 4 nitrogen and oxygen atoms in total. The molecule has 1 aliphatic heterocycles. The average Bonchev–Trinajstić information content (AvgIpc) is 2.82. The molecule has 1 atom stereocenters. The van der Waals surface area contributed by atoms with Crippen molar-refractivity contribution in [3.05, 3.63) is 27.8 Å². The summed E-state index contributed by atoms with van der Waals surface area (Å²) in [5.74, 6) is 0.443. The van der Waals surface area contributed by atoms with Gasteiger partial charge in [0.05, 0.1) is 18.2 Å². The number of benzene rings is 1. The Kier molecular flexibility index (Phi) is 5.13. The summed E-state index contributed by atoms with van der Waals surface area (Å²) in [5, 5.41) is 3.33. The van der Waals surface area contributed by atoms with Crippen LogP contribution in [0.3, 0.4) is 0 Å². The zero-order chi connectivity index (χ0) is 15.5. The molecule has 1 aliphatic carbocycles. The summed E-state index contributed by atoms with van der Waals surface area (Å²) >= 11 is 2.21. The molecule has 3 rings (SSSR count). The van der Waals surface area contributed by atoms with E-state index in [2.05, 4.69) is 27.9 Å². The van der Waals surface area contributed by atoms with Gasteiger partial charge >= 0.3 is 0 Å². The fraction of sp³-hybridized carbons (Fsp3) is 0.529. The van der Waals surface area contributed by atoms with Gasteiger partial charge in [-0.3, -0.25) is 9.59 Å². The number of amides is 2. The van der Waals surface area contributed by atoms with E-state index in [9.17, 15) is 9.59 Å². The van der Waals surface area contributed by atoms with Gasteiger partial charge in [-0.05, 0) is 72.2 Å². The molecule has 22 heavy (non-hydrogen) atoms. The maximum atomic E-state index is 12.5. The molecule has 2 amide bonds. The number of carbonyl (C=O) groups is 2. The molecule has 1 N–H and O–H groups in total. The molecule has 1 aromatic carbocycles. The normalized spacial score (nSPS) is 23.3. The second-order valence-electron chi connectivity index (χ2n) is 6.21. The highest BCUT2D eigenvalue weighted by Gasteiger charge is 2.39. The Balaban J connectivity index is 1.62. The lowest BCUT2D eigenvalue weighted by atomic mass is 9.89.